The summed E-state index contributed by atoms with van der Waals surface area (Å²) in [6, 6.07) is 0. The van der Waals surface area contributed by atoms with Crippen LogP contribution in [0.4, 0.5) is 0 Å². The highest BCUT2D eigenvalue weighted by Crippen LogP contribution is 2.38. The molecule has 1 N–H and O–H groups in total. The van der Waals surface area contributed by atoms with Crippen LogP contribution in [0.15, 0.2) is 0 Å². The van der Waals surface area contributed by atoms with E-state index < -0.39 is 0 Å². The van der Waals surface area contributed by atoms with Crippen LogP contribution in [0.2, 0.25) is 0 Å². The van der Waals surface area contributed by atoms with Gasteiger partial charge in [0, 0.05) is 29.0 Å². The molecule has 2 rings (SSSR count). The van der Waals surface area contributed by atoms with Gasteiger partial charge in [0.05, 0.1) is 5.25 Å². The highest BCUT2D eigenvalue weighted by molar-refractivity contribution is 7.99. The molecule has 0 radical (unpaired) electrons. The molecule has 1 aromatic rings. The normalized spacial score (nSPS) is 19.9. The molecule has 0 bridgehead atoms. The fraction of sp³-hybridized carbons (Fsp3) is 0.733. The molecule has 1 unspecified atom stereocenters. The van der Waals surface area contributed by atoms with Gasteiger partial charge in [-0.3, -0.25) is 0 Å². The molecular weight excluding hydrogens is 254 g/mol. The van der Waals surface area contributed by atoms with Gasteiger partial charge in [0.25, 0.3) is 0 Å². The Morgan fingerprint density at radius 3 is 2.32 bits per heavy atom. The van der Waals surface area contributed by atoms with Crippen LogP contribution < -0.4 is 5.32 Å². The summed E-state index contributed by atoms with van der Waals surface area (Å²) in [5, 5.41) is 4.04. The van der Waals surface area contributed by atoms with E-state index in [1.54, 1.807) is 0 Å². The molecule has 1 aliphatic rings. The number of aromatic nitrogens is 2. The van der Waals surface area contributed by atoms with Crippen LogP contribution in [0.1, 0.15) is 61.6 Å². The van der Waals surface area contributed by atoms with Crippen LogP contribution in [0, 0.1) is 13.8 Å². The zero-order chi connectivity index (χ0) is 14.0. The fourth-order valence-electron chi connectivity index (χ4n) is 2.30. The summed E-state index contributed by atoms with van der Waals surface area (Å²) in [7, 11) is 0. The highest BCUT2D eigenvalue weighted by Gasteiger charge is 2.22. The molecule has 0 aromatic carbocycles. The van der Waals surface area contributed by atoms with Crippen molar-refractivity contribution < 1.29 is 0 Å². The van der Waals surface area contributed by atoms with Crippen molar-refractivity contribution >= 4 is 11.8 Å². The van der Waals surface area contributed by atoms with Crippen molar-refractivity contribution in [2.45, 2.75) is 64.8 Å². The fourth-order valence-corrected chi connectivity index (χ4v) is 3.51. The third-order valence-electron chi connectivity index (χ3n) is 3.45. The Balaban J connectivity index is 2.17. The van der Waals surface area contributed by atoms with Gasteiger partial charge in [-0.1, -0.05) is 0 Å². The van der Waals surface area contributed by atoms with Gasteiger partial charge in [-0.25, -0.2) is 9.97 Å². The lowest BCUT2D eigenvalue weighted by atomic mass is 10.1. The zero-order valence-electron chi connectivity index (χ0n) is 12.7. The predicted molar refractivity (Wildman–Crippen MR) is 82.5 cm³/mol. The minimum Gasteiger partial charge on any atom is -0.308 e. The average molecular weight is 279 g/mol. The molecule has 0 saturated carbocycles. The maximum Gasteiger partial charge on any atom is 0.141 e. The van der Waals surface area contributed by atoms with Crippen LogP contribution in [-0.4, -0.2) is 21.3 Å². The minimum atomic E-state index is 0.124. The van der Waals surface area contributed by atoms with E-state index >= 15 is 0 Å². The smallest absolute Gasteiger partial charge is 0.141 e. The first-order chi connectivity index (χ1) is 8.87. The molecule has 1 aromatic heterocycles. The van der Waals surface area contributed by atoms with Crippen molar-refractivity contribution in [2.24, 2.45) is 0 Å². The Hall–Kier alpha value is -0.610. The number of aryl methyl sites for hydroxylation is 2. The van der Waals surface area contributed by atoms with Gasteiger partial charge < -0.3 is 5.32 Å². The molecule has 1 atom stereocenters. The monoisotopic (exact) mass is 279 g/mol. The van der Waals surface area contributed by atoms with E-state index in [4.69, 9.17) is 9.97 Å². The topological polar surface area (TPSA) is 37.8 Å². The minimum absolute atomic E-state index is 0.124. The molecule has 0 aliphatic carbocycles. The van der Waals surface area contributed by atoms with Crippen LogP contribution >= 0.6 is 11.8 Å². The van der Waals surface area contributed by atoms with Crippen molar-refractivity contribution in [3.05, 3.63) is 22.8 Å². The summed E-state index contributed by atoms with van der Waals surface area (Å²) in [5.41, 5.74) is 3.64. The molecule has 2 heterocycles. The van der Waals surface area contributed by atoms with Gasteiger partial charge in [-0.05, 0) is 53.2 Å². The highest BCUT2D eigenvalue weighted by atomic mass is 32.2. The quantitative estimate of drug-likeness (QED) is 0.918. The van der Waals surface area contributed by atoms with Gasteiger partial charge in [0.1, 0.15) is 5.82 Å². The standard InChI is InChI=1S/C15H25N3S/c1-10-12(9-16-15(3,4)5)11(2)18-14(17-10)13-7-6-8-19-13/h13,16H,6-9H2,1-5H3. The van der Waals surface area contributed by atoms with Crippen LogP contribution in [-0.2, 0) is 6.54 Å². The summed E-state index contributed by atoms with van der Waals surface area (Å²) >= 11 is 2.00. The molecule has 0 spiro atoms. The van der Waals surface area contributed by atoms with Gasteiger partial charge >= 0.3 is 0 Å². The molecule has 1 aliphatic heterocycles. The Morgan fingerprint density at radius 2 is 1.84 bits per heavy atom. The van der Waals surface area contributed by atoms with Crippen LogP contribution in [0.5, 0.6) is 0 Å². The average Bonchev–Trinajstić information content (AvgIpc) is 2.79. The second kappa shape index (κ2) is 5.80. The Bertz CT molecular complexity index is 422. The molecule has 1 fully saturated rings. The largest absolute Gasteiger partial charge is 0.308 e. The number of nitrogens with one attached hydrogen (secondary N) is 1. The number of thioether (sulfide) groups is 1. The third kappa shape index (κ3) is 3.93. The van der Waals surface area contributed by atoms with Crippen molar-refractivity contribution in [3.63, 3.8) is 0 Å². The Kier molecular flexibility index (Phi) is 4.51. The second-order valence-electron chi connectivity index (χ2n) is 6.34. The van der Waals surface area contributed by atoms with Gasteiger partial charge in [0.2, 0.25) is 0 Å². The molecule has 106 valence electrons. The van der Waals surface area contributed by atoms with E-state index in [1.165, 1.54) is 24.2 Å². The van der Waals surface area contributed by atoms with Crippen molar-refractivity contribution in [3.8, 4) is 0 Å². The summed E-state index contributed by atoms with van der Waals surface area (Å²) in [6.07, 6.45) is 2.52. The maximum atomic E-state index is 4.74. The Labute approximate surface area is 121 Å². The summed E-state index contributed by atoms with van der Waals surface area (Å²) in [6.45, 7) is 11.6. The van der Waals surface area contributed by atoms with Gasteiger partial charge in [-0.2, -0.15) is 11.8 Å². The van der Waals surface area contributed by atoms with E-state index in [1.807, 2.05) is 11.8 Å². The van der Waals surface area contributed by atoms with Crippen LogP contribution in [0.3, 0.4) is 0 Å². The number of hydrogen-bond acceptors (Lipinski definition) is 4. The zero-order valence-corrected chi connectivity index (χ0v) is 13.5. The van der Waals surface area contributed by atoms with Crippen molar-refractivity contribution in [2.75, 3.05) is 5.75 Å². The third-order valence-corrected chi connectivity index (χ3v) is 4.82. The first-order valence-electron chi connectivity index (χ1n) is 7.07. The number of hydrogen-bond donors (Lipinski definition) is 1. The first-order valence-corrected chi connectivity index (χ1v) is 8.12. The molecule has 0 amide bonds. The van der Waals surface area contributed by atoms with Crippen LogP contribution in [0.25, 0.3) is 0 Å². The SMILES string of the molecule is Cc1nc(C2CCCS2)nc(C)c1CNC(C)(C)C. The lowest BCUT2D eigenvalue weighted by Gasteiger charge is -2.22. The van der Waals surface area contributed by atoms with Crippen molar-refractivity contribution in [1.29, 1.82) is 0 Å². The summed E-state index contributed by atoms with van der Waals surface area (Å²) < 4.78 is 0. The first kappa shape index (κ1) is 14.8. The van der Waals surface area contributed by atoms with E-state index in [2.05, 4.69) is 39.9 Å². The lowest BCUT2D eigenvalue weighted by molar-refractivity contribution is 0.422. The van der Waals surface area contributed by atoms with Gasteiger partial charge in [-0.15, -0.1) is 0 Å². The predicted octanol–water partition coefficient (Wildman–Crippen LogP) is 3.55. The Morgan fingerprint density at radius 1 is 1.21 bits per heavy atom. The van der Waals surface area contributed by atoms with Gasteiger partial charge in [0.15, 0.2) is 0 Å². The van der Waals surface area contributed by atoms with E-state index in [-0.39, 0.29) is 5.54 Å². The summed E-state index contributed by atoms with van der Waals surface area (Å²) in [5.74, 6) is 2.29. The maximum absolute atomic E-state index is 4.74. The molecule has 1 saturated heterocycles. The second-order valence-corrected chi connectivity index (χ2v) is 7.65. The molecular formula is C15H25N3S. The van der Waals surface area contributed by atoms with E-state index in [9.17, 15) is 0 Å². The molecule has 4 heteroatoms. The van der Waals surface area contributed by atoms with E-state index in [0.717, 1.165) is 23.8 Å². The number of rotatable bonds is 3. The molecule has 3 nitrogen and oxygen atoms in total. The molecule has 19 heavy (non-hydrogen) atoms. The van der Waals surface area contributed by atoms with E-state index in [0.29, 0.717) is 5.25 Å². The number of nitrogens with zero attached hydrogens (tertiary/aromatic N) is 2. The summed E-state index contributed by atoms with van der Waals surface area (Å²) in [4.78, 5) is 9.49. The van der Waals surface area contributed by atoms with Crippen molar-refractivity contribution in [1.82, 2.24) is 15.3 Å². The lowest BCUT2D eigenvalue weighted by Crippen LogP contribution is -2.35.